The lowest BCUT2D eigenvalue weighted by Gasteiger charge is -2.28. The topological polar surface area (TPSA) is 55.4 Å². The van der Waals surface area contributed by atoms with Crippen molar-refractivity contribution in [1.82, 2.24) is 5.32 Å². The third kappa shape index (κ3) is 9.06. The molecule has 0 radical (unpaired) electrons. The van der Waals surface area contributed by atoms with Gasteiger partial charge in [0.15, 0.2) is 0 Å². The number of unbranched alkanes of at least 4 members (excludes halogenated alkanes) is 5. The Labute approximate surface area is 136 Å². The molecule has 0 aromatic rings. The Morgan fingerprint density at radius 1 is 0.909 bits per heavy atom. The van der Waals surface area contributed by atoms with E-state index in [0.29, 0.717) is 6.61 Å². The summed E-state index contributed by atoms with van der Waals surface area (Å²) in [6.07, 6.45) is 9.89. The average molecular weight is 313 g/mol. The fourth-order valence-corrected chi connectivity index (χ4v) is 2.62. The molecule has 0 rings (SSSR count). The number of amides is 1. The van der Waals surface area contributed by atoms with Gasteiger partial charge in [0.05, 0.1) is 6.61 Å². The van der Waals surface area contributed by atoms with E-state index in [9.17, 15) is 9.59 Å². The third-order valence-corrected chi connectivity index (χ3v) is 4.16. The highest BCUT2D eigenvalue weighted by Gasteiger charge is 2.32. The van der Waals surface area contributed by atoms with Crippen molar-refractivity contribution in [2.24, 2.45) is 5.41 Å². The van der Waals surface area contributed by atoms with E-state index in [1.54, 1.807) is 6.92 Å². The van der Waals surface area contributed by atoms with Crippen LogP contribution in [0.5, 0.6) is 0 Å². The highest BCUT2D eigenvalue weighted by atomic mass is 16.5. The Morgan fingerprint density at radius 3 is 2.09 bits per heavy atom. The molecular weight excluding hydrogens is 278 g/mol. The Hall–Kier alpha value is -1.06. The Bertz CT molecular complexity index is 317. The predicted octanol–water partition coefficient (Wildman–Crippen LogP) is 4.22. The van der Waals surface area contributed by atoms with Crippen molar-refractivity contribution >= 4 is 11.9 Å². The molecule has 0 aliphatic heterocycles. The van der Waals surface area contributed by atoms with Crippen LogP contribution < -0.4 is 5.32 Å². The number of ether oxygens (including phenoxy) is 1. The van der Waals surface area contributed by atoms with Gasteiger partial charge < -0.3 is 10.1 Å². The summed E-state index contributed by atoms with van der Waals surface area (Å²) < 4.78 is 4.86. The zero-order valence-electron chi connectivity index (χ0n) is 15.0. The smallest absolute Gasteiger partial charge is 0.325 e. The van der Waals surface area contributed by atoms with Crippen molar-refractivity contribution in [1.29, 1.82) is 0 Å². The molecule has 0 aliphatic carbocycles. The Kier molecular flexibility index (Phi) is 11.9. The van der Waals surface area contributed by atoms with Crippen LogP contribution in [0.25, 0.3) is 0 Å². The number of esters is 1. The number of rotatable bonds is 13. The summed E-state index contributed by atoms with van der Waals surface area (Å²) >= 11 is 0. The summed E-state index contributed by atoms with van der Waals surface area (Å²) in [5.41, 5.74) is -0.366. The monoisotopic (exact) mass is 313 g/mol. The molecule has 0 aliphatic rings. The lowest BCUT2D eigenvalue weighted by atomic mass is 9.79. The van der Waals surface area contributed by atoms with E-state index in [1.807, 2.05) is 6.92 Å². The average Bonchev–Trinajstić information content (AvgIpc) is 2.50. The molecular formula is C18H35NO3. The highest BCUT2D eigenvalue weighted by Crippen LogP contribution is 2.31. The molecule has 1 amide bonds. The van der Waals surface area contributed by atoms with Gasteiger partial charge in [-0.15, -0.1) is 0 Å². The van der Waals surface area contributed by atoms with Gasteiger partial charge in [-0.25, -0.2) is 0 Å². The standard InChI is InChI=1S/C18H35NO3/c1-5-8-10-11-12-14-18(4,13-9-6-2)17(21)19-15-16(20)22-7-3/h5-15H2,1-4H3,(H,19,21). The van der Waals surface area contributed by atoms with Crippen LogP contribution >= 0.6 is 0 Å². The second-order valence-electron chi connectivity index (χ2n) is 6.32. The van der Waals surface area contributed by atoms with Crippen LogP contribution in [0.4, 0.5) is 0 Å². The maximum absolute atomic E-state index is 12.5. The molecule has 22 heavy (non-hydrogen) atoms. The minimum atomic E-state index is -0.366. The van der Waals surface area contributed by atoms with Crippen molar-refractivity contribution in [3.05, 3.63) is 0 Å². The molecule has 0 bridgehead atoms. The van der Waals surface area contributed by atoms with Gasteiger partial charge in [-0.2, -0.15) is 0 Å². The predicted molar refractivity (Wildman–Crippen MR) is 90.7 cm³/mol. The molecule has 0 spiro atoms. The minimum Gasteiger partial charge on any atom is -0.465 e. The maximum Gasteiger partial charge on any atom is 0.325 e. The van der Waals surface area contributed by atoms with E-state index in [4.69, 9.17) is 4.74 Å². The van der Waals surface area contributed by atoms with Crippen LogP contribution in [-0.4, -0.2) is 25.0 Å². The van der Waals surface area contributed by atoms with Crippen molar-refractivity contribution in [3.63, 3.8) is 0 Å². The van der Waals surface area contributed by atoms with Crippen LogP contribution in [0.2, 0.25) is 0 Å². The number of hydrogen-bond acceptors (Lipinski definition) is 3. The van der Waals surface area contributed by atoms with Gasteiger partial charge in [0.2, 0.25) is 5.91 Å². The van der Waals surface area contributed by atoms with E-state index in [0.717, 1.165) is 32.1 Å². The molecule has 0 aromatic carbocycles. The molecule has 1 N–H and O–H groups in total. The SMILES string of the molecule is CCCCCCCC(C)(CCCC)C(=O)NCC(=O)OCC. The lowest BCUT2D eigenvalue weighted by Crippen LogP contribution is -2.41. The molecule has 4 heteroatoms. The molecule has 1 atom stereocenters. The van der Waals surface area contributed by atoms with Crippen molar-refractivity contribution in [2.45, 2.75) is 85.5 Å². The summed E-state index contributed by atoms with van der Waals surface area (Å²) in [5, 5.41) is 2.76. The molecule has 0 fully saturated rings. The Balaban J connectivity index is 4.37. The minimum absolute atomic E-state index is 0.00973. The van der Waals surface area contributed by atoms with E-state index in [1.165, 1.54) is 25.7 Å². The second kappa shape index (κ2) is 12.5. The molecule has 0 saturated carbocycles. The van der Waals surface area contributed by atoms with E-state index < -0.39 is 0 Å². The van der Waals surface area contributed by atoms with Gasteiger partial charge in [0.1, 0.15) is 6.54 Å². The van der Waals surface area contributed by atoms with Gasteiger partial charge >= 0.3 is 5.97 Å². The fourth-order valence-electron chi connectivity index (χ4n) is 2.62. The van der Waals surface area contributed by atoms with Gasteiger partial charge in [0, 0.05) is 5.41 Å². The van der Waals surface area contributed by atoms with E-state index in [-0.39, 0.29) is 23.8 Å². The number of carbonyl (C=O) groups is 2. The first-order chi connectivity index (χ1) is 10.5. The number of hydrogen-bond donors (Lipinski definition) is 1. The quantitative estimate of drug-likeness (QED) is 0.409. The summed E-state index contributed by atoms with van der Waals surface area (Å²) in [6, 6.07) is 0. The molecule has 0 saturated heterocycles. The number of nitrogens with one attached hydrogen (secondary N) is 1. The first kappa shape index (κ1) is 20.9. The molecule has 4 nitrogen and oxygen atoms in total. The van der Waals surface area contributed by atoms with Gasteiger partial charge in [-0.3, -0.25) is 9.59 Å². The van der Waals surface area contributed by atoms with E-state index in [2.05, 4.69) is 19.2 Å². The summed E-state index contributed by atoms with van der Waals surface area (Å²) in [4.78, 5) is 23.9. The maximum atomic E-state index is 12.5. The molecule has 0 aromatic heterocycles. The summed E-state index contributed by atoms with van der Waals surface area (Å²) in [6.45, 7) is 8.46. The van der Waals surface area contributed by atoms with E-state index >= 15 is 0 Å². The van der Waals surface area contributed by atoms with Gasteiger partial charge in [0.25, 0.3) is 0 Å². The van der Waals surface area contributed by atoms with Crippen molar-refractivity contribution < 1.29 is 14.3 Å². The van der Waals surface area contributed by atoms with Crippen LogP contribution in [0.3, 0.4) is 0 Å². The highest BCUT2D eigenvalue weighted by molar-refractivity contribution is 5.85. The zero-order chi connectivity index (χ0) is 16.8. The molecule has 130 valence electrons. The number of carbonyl (C=O) groups excluding carboxylic acids is 2. The van der Waals surface area contributed by atoms with Crippen LogP contribution in [-0.2, 0) is 14.3 Å². The Morgan fingerprint density at radius 2 is 1.50 bits per heavy atom. The molecule has 0 heterocycles. The molecule has 1 unspecified atom stereocenters. The van der Waals surface area contributed by atoms with Crippen molar-refractivity contribution in [3.8, 4) is 0 Å². The van der Waals surface area contributed by atoms with Crippen molar-refractivity contribution in [2.75, 3.05) is 13.2 Å². The third-order valence-electron chi connectivity index (χ3n) is 4.16. The fraction of sp³-hybridized carbons (Fsp3) is 0.889. The second-order valence-corrected chi connectivity index (χ2v) is 6.32. The van der Waals surface area contributed by atoms with Crippen LogP contribution in [0.15, 0.2) is 0 Å². The summed E-state index contributed by atoms with van der Waals surface area (Å²) in [7, 11) is 0. The zero-order valence-corrected chi connectivity index (χ0v) is 15.0. The van der Waals surface area contributed by atoms with Gasteiger partial charge in [-0.1, -0.05) is 65.7 Å². The normalized spacial score (nSPS) is 13.5. The first-order valence-electron chi connectivity index (χ1n) is 8.94. The van der Waals surface area contributed by atoms with Crippen LogP contribution in [0.1, 0.15) is 85.5 Å². The largest absolute Gasteiger partial charge is 0.465 e. The lowest BCUT2D eigenvalue weighted by molar-refractivity contribution is -0.144. The first-order valence-corrected chi connectivity index (χ1v) is 8.94. The van der Waals surface area contributed by atoms with Crippen LogP contribution in [0, 0.1) is 5.41 Å². The summed E-state index contributed by atoms with van der Waals surface area (Å²) in [5.74, 6) is -0.374. The van der Waals surface area contributed by atoms with Gasteiger partial charge in [-0.05, 0) is 19.8 Å².